The summed E-state index contributed by atoms with van der Waals surface area (Å²) in [6.07, 6.45) is 8.48. The summed E-state index contributed by atoms with van der Waals surface area (Å²) in [6.45, 7) is 8.73. The summed E-state index contributed by atoms with van der Waals surface area (Å²) >= 11 is 0. The summed E-state index contributed by atoms with van der Waals surface area (Å²) in [5.41, 5.74) is 4.58. The van der Waals surface area contributed by atoms with Crippen LogP contribution in [-0.4, -0.2) is 17.1 Å². The predicted molar refractivity (Wildman–Crippen MR) is 117 cm³/mol. The molecule has 6 atom stereocenters. The van der Waals surface area contributed by atoms with Crippen molar-refractivity contribution in [3.05, 3.63) is 59.9 Å². The Morgan fingerprint density at radius 3 is 2.66 bits per heavy atom. The lowest BCUT2D eigenvalue weighted by Gasteiger charge is -2.41. The molecule has 1 aliphatic heterocycles. The Balaban J connectivity index is 1.58. The first-order chi connectivity index (χ1) is 14.0. The number of hydrogen-bond donors (Lipinski definition) is 0. The van der Waals surface area contributed by atoms with Crippen LogP contribution in [0.3, 0.4) is 0 Å². The van der Waals surface area contributed by atoms with Gasteiger partial charge < -0.3 is 4.74 Å². The summed E-state index contributed by atoms with van der Waals surface area (Å²) in [4.78, 5) is 17.0. The van der Waals surface area contributed by atoms with Gasteiger partial charge in [0.25, 0.3) is 0 Å². The molecule has 3 nitrogen and oxygen atoms in total. The lowest BCUT2D eigenvalue weighted by Crippen LogP contribution is -2.40. The molecule has 1 saturated heterocycles. The maximum atomic E-state index is 12.3. The van der Waals surface area contributed by atoms with Crippen molar-refractivity contribution in [2.24, 2.45) is 29.6 Å². The van der Waals surface area contributed by atoms with Gasteiger partial charge in [-0.3, -0.25) is 9.78 Å². The normalized spacial score (nSPS) is 31.7. The third-order valence-electron chi connectivity index (χ3n) is 7.11. The maximum Gasteiger partial charge on any atom is 0.309 e. The molecule has 0 bridgehead atoms. The van der Waals surface area contributed by atoms with E-state index in [2.05, 4.69) is 81.2 Å². The zero-order valence-electron chi connectivity index (χ0n) is 17.8. The molecule has 0 N–H and O–H groups in total. The largest absolute Gasteiger partial charge is 0.462 e. The lowest BCUT2D eigenvalue weighted by atomic mass is 9.61. The second kappa shape index (κ2) is 8.14. The zero-order valence-corrected chi connectivity index (χ0v) is 17.8. The highest BCUT2D eigenvalue weighted by molar-refractivity contribution is 5.75. The van der Waals surface area contributed by atoms with Crippen molar-refractivity contribution in [2.75, 3.05) is 0 Å². The molecule has 2 aromatic rings. The summed E-state index contributed by atoms with van der Waals surface area (Å²) < 4.78 is 5.62. The molecular formula is C26H31NO2. The van der Waals surface area contributed by atoms with Crippen LogP contribution >= 0.6 is 0 Å². The summed E-state index contributed by atoms with van der Waals surface area (Å²) in [5.74, 6) is 1.80. The number of aromatic nitrogens is 1. The van der Waals surface area contributed by atoms with Crippen molar-refractivity contribution in [1.29, 1.82) is 0 Å². The van der Waals surface area contributed by atoms with Crippen molar-refractivity contribution < 1.29 is 9.53 Å². The smallest absolute Gasteiger partial charge is 0.309 e. The van der Waals surface area contributed by atoms with Gasteiger partial charge in [-0.1, -0.05) is 56.7 Å². The van der Waals surface area contributed by atoms with Crippen LogP contribution in [0.15, 0.2) is 48.7 Å². The molecule has 4 rings (SSSR count). The Bertz CT molecular complexity index is 901. The molecule has 0 amide bonds. The highest BCUT2D eigenvalue weighted by Crippen LogP contribution is 2.50. The number of allylic oxidation sites excluding steroid dienone is 1. The number of carbonyl (C=O) groups excluding carboxylic acids is 1. The van der Waals surface area contributed by atoms with E-state index in [0.717, 1.165) is 24.1 Å². The molecular weight excluding hydrogens is 358 g/mol. The first kappa shape index (κ1) is 19.9. The highest BCUT2D eigenvalue weighted by atomic mass is 16.6. The second-order valence-corrected chi connectivity index (χ2v) is 8.83. The number of nitrogens with zero attached hydrogens (tertiary/aromatic N) is 1. The minimum Gasteiger partial charge on any atom is -0.462 e. The lowest BCUT2D eigenvalue weighted by molar-refractivity contribution is -0.144. The van der Waals surface area contributed by atoms with Crippen LogP contribution < -0.4 is 0 Å². The van der Waals surface area contributed by atoms with Gasteiger partial charge in [-0.2, -0.15) is 0 Å². The van der Waals surface area contributed by atoms with Gasteiger partial charge in [0, 0.05) is 17.7 Å². The van der Waals surface area contributed by atoms with Gasteiger partial charge in [0.05, 0.1) is 11.6 Å². The number of esters is 1. The molecule has 1 aromatic heterocycles. The van der Waals surface area contributed by atoms with E-state index in [0.29, 0.717) is 17.8 Å². The van der Waals surface area contributed by atoms with Gasteiger partial charge in [0.1, 0.15) is 6.10 Å². The third-order valence-corrected chi connectivity index (χ3v) is 7.11. The molecule has 1 saturated carbocycles. The Labute approximate surface area is 174 Å². The average molecular weight is 390 g/mol. The van der Waals surface area contributed by atoms with E-state index < -0.39 is 0 Å². The Hall–Kier alpha value is -2.42. The molecule has 1 aromatic carbocycles. The quantitative estimate of drug-likeness (QED) is 0.608. The Kier molecular flexibility index (Phi) is 5.58. The van der Waals surface area contributed by atoms with E-state index in [1.54, 1.807) is 0 Å². The van der Waals surface area contributed by atoms with Gasteiger partial charge in [-0.25, -0.2) is 0 Å². The summed E-state index contributed by atoms with van der Waals surface area (Å²) in [7, 11) is 0. The van der Waals surface area contributed by atoms with Gasteiger partial charge in [0.15, 0.2) is 0 Å². The van der Waals surface area contributed by atoms with E-state index in [1.165, 1.54) is 11.1 Å². The number of pyridine rings is 1. The van der Waals surface area contributed by atoms with Crippen molar-refractivity contribution >= 4 is 12.0 Å². The van der Waals surface area contributed by atoms with Crippen LogP contribution in [0.4, 0.5) is 0 Å². The van der Waals surface area contributed by atoms with Crippen molar-refractivity contribution in [1.82, 2.24) is 4.98 Å². The number of ether oxygens (including phenoxy) is 1. The standard InChI is InChI=1S/C26H31NO2/c1-5-21-17(3)14-24-25(18(4)29-26(24)28)23(21)13-12-20-11-10-19(15-27-20)22-9-7-6-8-16(22)2/h6-13,15,17-18,21,23-25H,5,14H2,1-4H3/b13-12+/t17-,18+,21+,23-,24+,25-/m0/s1. The molecule has 29 heavy (non-hydrogen) atoms. The van der Waals surface area contributed by atoms with E-state index in [4.69, 9.17) is 4.74 Å². The van der Waals surface area contributed by atoms with Crippen LogP contribution in [-0.2, 0) is 9.53 Å². The van der Waals surface area contributed by atoms with E-state index in [1.807, 2.05) is 6.20 Å². The maximum absolute atomic E-state index is 12.3. The van der Waals surface area contributed by atoms with Crippen LogP contribution in [0.2, 0.25) is 0 Å². The fourth-order valence-electron chi connectivity index (χ4n) is 5.62. The van der Waals surface area contributed by atoms with Gasteiger partial charge in [-0.05, 0) is 61.3 Å². The van der Waals surface area contributed by atoms with Crippen LogP contribution in [0.1, 0.15) is 44.9 Å². The van der Waals surface area contributed by atoms with E-state index in [-0.39, 0.29) is 23.9 Å². The van der Waals surface area contributed by atoms with E-state index in [9.17, 15) is 4.79 Å². The number of aryl methyl sites for hydroxylation is 1. The van der Waals surface area contributed by atoms with Gasteiger partial charge in [-0.15, -0.1) is 0 Å². The minimum absolute atomic E-state index is 0.0000843. The van der Waals surface area contributed by atoms with E-state index >= 15 is 0 Å². The Morgan fingerprint density at radius 2 is 1.97 bits per heavy atom. The first-order valence-corrected chi connectivity index (χ1v) is 10.9. The number of fused-ring (bicyclic) bond motifs is 1. The molecule has 152 valence electrons. The average Bonchev–Trinajstić information content (AvgIpc) is 3.00. The van der Waals surface area contributed by atoms with Crippen molar-refractivity contribution in [3.8, 4) is 11.1 Å². The molecule has 2 aliphatic rings. The fourth-order valence-corrected chi connectivity index (χ4v) is 5.62. The highest BCUT2D eigenvalue weighted by Gasteiger charge is 2.52. The van der Waals surface area contributed by atoms with Crippen LogP contribution in [0.5, 0.6) is 0 Å². The number of benzene rings is 1. The molecule has 2 heterocycles. The molecule has 1 aliphatic carbocycles. The van der Waals surface area contributed by atoms with Crippen molar-refractivity contribution in [2.45, 2.75) is 46.6 Å². The second-order valence-electron chi connectivity index (χ2n) is 8.83. The minimum atomic E-state index is 0.0000843. The third kappa shape index (κ3) is 3.75. The summed E-state index contributed by atoms with van der Waals surface area (Å²) in [6, 6.07) is 12.6. The SMILES string of the molecule is CC[C@H]1[C@H](/C=C/c2ccc(-c3ccccc3C)cn2)[C@@H]2[C@@H](C)OC(=O)[C@@H]2C[C@@H]1C. The predicted octanol–water partition coefficient (Wildman–Crippen LogP) is 5.93. The molecule has 0 spiro atoms. The fraction of sp³-hybridized carbons (Fsp3) is 0.462. The molecule has 2 fully saturated rings. The Morgan fingerprint density at radius 1 is 1.17 bits per heavy atom. The molecule has 0 unspecified atom stereocenters. The van der Waals surface area contributed by atoms with Crippen molar-refractivity contribution in [3.63, 3.8) is 0 Å². The monoisotopic (exact) mass is 389 g/mol. The van der Waals surface area contributed by atoms with Crippen LogP contribution in [0.25, 0.3) is 17.2 Å². The zero-order chi connectivity index (χ0) is 20.5. The number of rotatable bonds is 4. The first-order valence-electron chi connectivity index (χ1n) is 10.9. The van der Waals surface area contributed by atoms with Gasteiger partial charge in [0.2, 0.25) is 0 Å². The van der Waals surface area contributed by atoms with Gasteiger partial charge >= 0.3 is 5.97 Å². The number of carbonyl (C=O) groups is 1. The molecule has 0 radical (unpaired) electrons. The number of cyclic esters (lactones) is 1. The number of hydrogen-bond acceptors (Lipinski definition) is 3. The summed E-state index contributed by atoms with van der Waals surface area (Å²) in [5, 5.41) is 0. The van der Waals surface area contributed by atoms with Crippen LogP contribution in [0, 0.1) is 36.5 Å². The molecule has 3 heteroatoms. The topological polar surface area (TPSA) is 39.2 Å².